The smallest absolute Gasteiger partial charge is 0.130 e. The number of anilines is 1. The Hall–Kier alpha value is -2.80. The molecule has 2 aromatic heterocycles. The van der Waals surface area contributed by atoms with Crippen molar-refractivity contribution in [1.29, 1.82) is 0 Å². The molecule has 2 aromatic carbocycles. The molecule has 1 atom stereocenters. The van der Waals surface area contributed by atoms with Crippen molar-refractivity contribution in [2.24, 2.45) is 0 Å². The molecule has 4 aromatic rings. The molecule has 3 heterocycles. The summed E-state index contributed by atoms with van der Waals surface area (Å²) >= 11 is 1.74. The third-order valence-corrected chi connectivity index (χ3v) is 5.88. The summed E-state index contributed by atoms with van der Waals surface area (Å²) in [6, 6.07) is 14.9. The Labute approximate surface area is 161 Å². The highest BCUT2D eigenvalue weighted by atomic mass is 32.2. The molecule has 0 amide bonds. The minimum Gasteiger partial charge on any atom is -0.360 e. The molecule has 1 N–H and O–H groups in total. The maximum absolute atomic E-state index is 4.98. The van der Waals surface area contributed by atoms with Gasteiger partial charge in [-0.05, 0) is 43.4 Å². The molecule has 0 radical (unpaired) electrons. The molecule has 7 heteroatoms. The summed E-state index contributed by atoms with van der Waals surface area (Å²) in [7, 11) is 0. The largest absolute Gasteiger partial charge is 0.360 e. The Bertz CT molecular complexity index is 1070. The number of rotatable bonds is 4. The van der Waals surface area contributed by atoms with Gasteiger partial charge >= 0.3 is 0 Å². The molecule has 1 fully saturated rings. The van der Waals surface area contributed by atoms with E-state index in [9.17, 15) is 0 Å². The molecule has 1 saturated heterocycles. The van der Waals surface area contributed by atoms with Gasteiger partial charge in [0.25, 0.3) is 0 Å². The predicted molar refractivity (Wildman–Crippen MR) is 109 cm³/mol. The summed E-state index contributed by atoms with van der Waals surface area (Å²) in [5, 5.41) is 8.65. The van der Waals surface area contributed by atoms with Crippen molar-refractivity contribution in [3.63, 3.8) is 0 Å². The van der Waals surface area contributed by atoms with Gasteiger partial charge in [0.2, 0.25) is 0 Å². The maximum atomic E-state index is 4.98. The quantitative estimate of drug-likeness (QED) is 0.541. The normalized spacial score (nSPS) is 17.1. The topological polar surface area (TPSA) is 62.6 Å². The number of hydrogen-bond donors (Lipinski definition) is 1. The molecule has 0 saturated carbocycles. The fraction of sp³-hybridized carbons (Fsp3) is 0.250. The number of imidazole rings is 1. The first-order valence-electron chi connectivity index (χ1n) is 9.10. The summed E-state index contributed by atoms with van der Waals surface area (Å²) in [5.41, 5.74) is 4.30. The van der Waals surface area contributed by atoms with E-state index in [1.807, 2.05) is 6.07 Å². The van der Waals surface area contributed by atoms with Crippen molar-refractivity contribution < 1.29 is 0 Å². The lowest BCUT2D eigenvalue weighted by Crippen LogP contribution is -2.25. The number of hydrogen-bond acceptors (Lipinski definition) is 5. The molecule has 136 valence electrons. The maximum Gasteiger partial charge on any atom is 0.130 e. The number of H-pyrrole nitrogens is 1. The number of aromatic amines is 1. The highest BCUT2D eigenvalue weighted by Crippen LogP contribution is 2.38. The van der Waals surface area contributed by atoms with E-state index in [1.165, 1.54) is 4.90 Å². The summed E-state index contributed by atoms with van der Waals surface area (Å²) in [6.45, 7) is 0.995. The van der Waals surface area contributed by atoms with E-state index in [1.54, 1.807) is 29.0 Å². The highest BCUT2D eigenvalue weighted by molar-refractivity contribution is 7.98. The molecule has 0 spiro atoms. The van der Waals surface area contributed by atoms with E-state index in [0.29, 0.717) is 0 Å². The summed E-state index contributed by atoms with van der Waals surface area (Å²) in [4.78, 5) is 13.9. The number of fused-ring (bicyclic) bond motifs is 1. The standard InChI is InChI=1S/C20H20N6S/c1-27-18-10-4-6-14-19(18)24-20(23-14)17-9-5-13-25(17)15-7-2-3-8-16(15)26-21-11-12-22-26/h2-4,6-8,10-12,17H,5,9,13H2,1H3,(H,23,24)/t17-/m0/s1. The van der Waals surface area contributed by atoms with Gasteiger partial charge < -0.3 is 9.88 Å². The molecule has 0 unspecified atom stereocenters. The van der Waals surface area contributed by atoms with Crippen LogP contribution in [0.3, 0.4) is 0 Å². The Balaban J connectivity index is 1.58. The molecular weight excluding hydrogens is 356 g/mol. The van der Waals surface area contributed by atoms with Crippen molar-refractivity contribution in [2.75, 3.05) is 17.7 Å². The Kier molecular flexibility index (Phi) is 4.09. The first-order valence-corrected chi connectivity index (χ1v) is 10.3. The first kappa shape index (κ1) is 16.4. The number of para-hydroxylation sites is 3. The summed E-state index contributed by atoms with van der Waals surface area (Å²) in [6.07, 6.45) is 7.73. The van der Waals surface area contributed by atoms with Crippen LogP contribution in [0.1, 0.15) is 24.7 Å². The van der Waals surface area contributed by atoms with Crippen LogP contribution in [0.2, 0.25) is 0 Å². The monoisotopic (exact) mass is 376 g/mol. The molecule has 6 nitrogen and oxygen atoms in total. The lowest BCUT2D eigenvalue weighted by molar-refractivity contribution is 0.670. The van der Waals surface area contributed by atoms with Gasteiger partial charge in [-0.2, -0.15) is 10.2 Å². The minimum atomic E-state index is 0.226. The molecule has 0 aliphatic carbocycles. The number of nitrogens with zero attached hydrogens (tertiary/aromatic N) is 5. The average molecular weight is 376 g/mol. The summed E-state index contributed by atoms with van der Waals surface area (Å²) in [5.74, 6) is 1.03. The average Bonchev–Trinajstić information content (AvgIpc) is 3.47. The van der Waals surface area contributed by atoms with E-state index in [4.69, 9.17) is 4.98 Å². The molecule has 27 heavy (non-hydrogen) atoms. The van der Waals surface area contributed by atoms with Crippen molar-refractivity contribution in [1.82, 2.24) is 25.0 Å². The number of benzene rings is 2. The van der Waals surface area contributed by atoms with Gasteiger partial charge in [-0.3, -0.25) is 0 Å². The first-order chi connectivity index (χ1) is 13.3. The van der Waals surface area contributed by atoms with Crippen LogP contribution in [0.4, 0.5) is 5.69 Å². The van der Waals surface area contributed by atoms with Gasteiger partial charge in [0, 0.05) is 11.4 Å². The van der Waals surface area contributed by atoms with Gasteiger partial charge in [0.15, 0.2) is 0 Å². The van der Waals surface area contributed by atoms with Crippen LogP contribution in [-0.2, 0) is 0 Å². The zero-order valence-electron chi connectivity index (χ0n) is 15.0. The second-order valence-corrected chi connectivity index (χ2v) is 7.49. The second kappa shape index (κ2) is 6.74. The summed E-state index contributed by atoms with van der Waals surface area (Å²) < 4.78 is 0. The molecule has 1 aliphatic rings. The molecule has 5 rings (SSSR count). The van der Waals surface area contributed by atoms with Crippen LogP contribution in [0, 0.1) is 0 Å². The van der Waals surface area contributed by atoms with Crippen LogP contribution in [0.5, 0.6) is 0 Å². The van der Waals surface area contributed by atoms with E-state index < -0.39 is 0 Å². The third-order valence-electron chi connectivity index (χ3n) is 5.11. The minimum absolute atomic E-state index is 0.226. The van der Waals surface area contributed by atoms with Crippen molar-refractivity contribution in [3.8, 4) is 5.69 Å². The van der Waals surface area contributed by atoms with Crippen molar-refractivity contribution in [3.05, 3.63) is 60.7 Å². The molecule has 0 bridgehead atoms. The van der Waals surface area contributed by atoms with Crippen molar-refractivity contribution >= 4 is 28.5 Å². The Morgan fingerprint density at radius 2 is 1.85 bits per heavy atom. The highest BCUT2D eigenvalue weighted by Gasteiger charge is 2.30. The van der Waals surface area contributed by atoms with Gasteiger partial charge in [-0.25, -0.2) is 4.98 Å². The SMILES string of the molecule is CSc1cccc2[nH]c([C@@H]3CCCN3c3ccccc3-n3nccn3)nc12. The third kappa shape index (κ3) is 2.78. The van der Waals surface area contributed by atoms with Crippen LogP contribution < -0.4 is 4.90 Å². The van der Waals surface area contributed by atoms with E-state index in [-0.39, 0.29) is 6.04 Å². The zero-order valence-corrected chi connectivity index (χ0v) is 15.9. The Morgan fingerprint density at radius 1 is 1.04 bits per heavy atom. The van der Waals surface area contributed by atoms with Crippen molar-refractivity contribution in [2.45, 2.75) is 23.8 Å². The van der Waals surface area contributed by atoms with Gasteiger partial charge in [0.05, 0.1) is 29.6 Å². The van der Waals surface area contributed by atoms with E-state index in [0.717, 1.165) is 47.6 Å². The van der Waals surface area contributed by atoms with Crippen LogP contribution in [-0.4, -0.2) is 37.8 Å². The fourth-order valence-corrected chi connectivity index (χ4v) is 4.47. The number of thioether (sulfide) groups is 1. The number of nitrogens with one attached hydrogen (secondary N) is 1. The lowest BCUT2D eigenvalue weighted by atomic mass is 10.2. The van der Waals surface area contributed by atoms with Crippen LogP contribution in [0.15, 0.2) is 59.8 Å². The van der Waals surface area contributed by atoms with Gasteiger partial charge in [0.1, 0.15) is 17.0 Å². The number of aromatic nitrogens is 5. The van der Waals surface area contributed by atoms with Crippen LogP contribution in [0.25, 0.3) is 16.7 Å². The molecule has 1 aliphatic heterocycles. The fourth-order valence-electron chi connectivity index (χ4n) is 3.90. The lowest BCUT2D eigenvalue weighted by Gasteiger charge is -2.27. The molecular formula is C20H20N6S. The zero-order chi connectivity index (χ0) is 18.2. The second-order valence-electron chi connectivity index (χ2n) is 6.64. The van der Waals surface area contributed by atoms with Gasteiger partial charge in [-0.1, -0.05) is 18.2 Å². The van der Waals surface area contributed by atoms with Crippen LogP contribution >= 0.6 is 11.8 Å². The Morgan fingerprint density at radius 3 is 2.67 bits per heavy atom. The van der Waals surface area contributed by atoms with Gasteiger partial charge in [-0.15, -0.1) is 16.6 Å². The van der Waals surface area contributed by atoms with E-state index >= 15 is 0 Å². The van der Waals surface area contributed by atoms with E-state index in [2.05, 4.69) is 62.7 Å². The predicted octanol–water partition coefficient (Wildman–Crippen LogP) is 4.21.